The summed E-state index contributed by atoms with van der Waals surface area (Å²) in [6.07, 6.45) is 0.154. The molecule has 1 heterocycles. The largest absolute Gasteiger partial charge is 0.491 e. The molecule has 2 N–H and O–H groups in total. The maximum absolute atomic E-state index is 5.85. The predicted molar refractivity (Wildman–Crippen MR) is 72.9 cm³/mol. The van der Waals surface area contributed by atoms with Crippen molar-refractivity contribution in [2.24, 2.45) is 0 Å². The Morgan fingerprint density at radius 3 is 3.06 bits per heavy atom. The van der Waals surface area contributed by atoms with Crippen LogP contribution < -0.4 is 10.5 Å². The number of ether oxygens (including phenoxy) is 2. The van der Waals surface area contributed by atoms with Crippen molar-refractivity contribution >= 4 is 5.69 Å². The van der Waals surface area contributed by atoms with E-state index in [-0.39, 0.29) is 6.10 Å². The number of aryl methyl sites for hydroxylation is 1. The van der Waals surface area contributed by atoms with Crippen molar-refractivity contribution in [3.63, 3.8) is 0 Å². The monoisotopic (exact) mass is 250 g/mol. The van der Waals surface area contributed by atoms with Gasteiger partial charge in [-0.3, -0.25) is 4.90 Å². The Labute approximate surface area is 109 Å². The first-order valence-corrected chi connectivity index (χ1v) is 6.52. The Morgan fingerprint density at radius 2 is 2.33 bits per heavy atom. The molecule has 1 unspecified atom stereocenters. The van der Waals surface area contributed by atoms with E-state index >= 15 is 0 Å². The van der Waals surface area contributed by atoms with Gasteiger partial charge in [-0.1, -0.05) is 13.0 Å². The summed E-state index contributed by atoms with van der Waals surface area (Å²) in [5, 5.41) is 0. The van der Waals surface area contributed by atoms with Gasteiger partial charge in [0, 0.05) is 24.8 Å². The first-order chi connectivity index (χ1) is 8.69. The topological polar surface area (TPSA) is 47.7 Å². The number of morpholine rings is 1. The highest BCUT2D eigenvalue weighted by atomic mass is 16.5. The van der Waals surface area contributed by atoms with Crippen LogP contribution in [0.2, 0.25) is 0 Å². The van der Waals surface area contributed by atoms with E-state index in [4.69, 9.17) is 15.2 Å². The molecule has 1 aliphatic heterocycles. The molecule has 2 rings (SSSR count). The van der Waals surface area contributed by atoms with Crippen LogP contribution in [0.4, 0.5) is 5.69 Å². The van der Waals surface area contributed by atoms with Gasteiger partial charge >= 0.3 is 0 Å². The average molecular weight is 250 g/mol. The highest BCUT2D eigenvalue weighted by Gasteiger charge is 2.19. The van der Waals surface area contributed by atoms with E-state index < -0.39 is 0 Å². The fraction of sp³-hybridized carbons (Fsp3) is 0.571. The molecule has 0 bridgehead atoms. The first-order valence-electron chi connectivity index (χ1n) is 6.52. The van der Waals surface area contributed by atoms with E-state index in [1.54, 1.807) is 0 Å². The smallest absolute Gasteiger partial charge is 0.121 e. The zero-order valence-electron chi connectivity index (χ0n) is 11.2. The normalized spacial score (nSPS) is 20.9. The molecular formula is C14H22N2O2. The molecule has 1 saturated heterocycles. The van der Waals surface area contributed by atoms with Crippen LogP contribution in [0.5, 0.6) is 5.75 Å². The quantitative estimate of drug-likeness (QED) is 0.826. The number of nitrogen functional groups attached to an aromatic ring is 1. The number of nitrogens with two attached hydrogens (primary N) is 1. The number of likely N-dealkylation sites (N-methyl/N-ethyl adjacent to an activating group) is 1. The van der Waals surface area contributed by atoms with Crippen molar-refractivity contribution in [1.29, 1.82) is 0 Å². The lowest BCUT2D eigenvalue weighted by Gasteiger charge is -2.31. The molecule has 0 aliphatic carbocycles. The third kappa shape index (κ3) is 3.37. The van der Waals surface area contributed by atoms with E-state index in [0.29, 0.717) is 6.61 Å². The lowest BCUT2D eigenvalue weighted by Crippen LogP contribution is -2.44. The summed E-state index contributed by atoms with van der Waals surface area (Å²) >= 11 is 0. The van der Waals surface area contributed by atoms with Gasteiger partial charge in [0.25, 0.3) is 0 Å². The summed E-state index contributed by atoms with van der Waals surface area (Å²) in [7, 11) is 0. The molecule has 1 atom stereocenters. The minimum absolute atomic E-state index is 0.154. The molecule has 1 aromatic rings. The Morgan fingerprint density at radius 1 is 1.50 bits per heavy atom. The molecular weight excluding hydrogens is 228 g/mol. The van der Waals surface area contributed by atoms with Crippen molar-refractivity contribution in [1.82, 2.24) is 4.90 Å². The van der Waals surface area contributed by atoms with Gasteiger partial charge in [0.15, 0.2) is 0 Å². The molecule has 1 fully saturated rings. The molecule has 100 valence electrons. The third-order valence-corrected chi connectivity index (χ3v) is 3.36. The Hall–Kier alpha value is -1.26. The maximum atomic E-state index is 5.85. The second-order valence-electron chi connectivity index (χ2n) is 4.72. The Balaban J connectivity index is 1.85. The van der Waals surface area contributed by atoms with Crippen LogP contribution in [0.25, 0.3) is 0 Å². The summed E-state index contributed by atoms with van der Waals surface area (Å²) in [6.45, 7) is 8.56. The minimum Gasteiger partial charge on any atom is -0.491 e. The van der Waals surface area contributed by atoms with Gasteiger partial charge in [-0.05, 0) is 25.1 Å². The van der Waals surface area contributed by atoms with Gasteiger partial charge in [-0.25, -0.2) is 0 Å². The predicted octanol–water partition coefficient (Wildman–Crippen LogP) is 1.68. The second kappa shape index (κ2) is 6.07. The van der Waals surface area contributed by atoms with Crippen molar-refractivity contribution in [2.75, 3.05) is 38.6 Å². The Bertz CT molecular complexity index is 395. The van der Waals surface area contributed by atoms with Crippen molar-refractivity contribution in [3.05, 3.63) is 23.8 Å². The summed E-state index contributed by atoms with van der Waals surface area (Å²) in [5.74, 6) is 0.815. The van der Waals surface area contributed by atoms with Crippen molar-refractivity contribution in [3.8, 4) is 5.75 Å². The van der Waals surface area contributed by atoms with Gasteiger partial charge in [0.1, 0.15) is 18.5 Å². The van der Waals surface area contributed by atoms with Crippen LogP contribution >= 0.6 is 0 Å². The maximum Gasteiger partial charge on any atom is 0.121 e. The third-order valence-electron chi connectivity index (χ3n) is 3.36. The molecule has 1 aromatic carbocycles. The number of benzene rings is 1. The average Bonchev–Trinajstić information content (AvgIpc) is 2.40. The van der Waals surface area contributed by atoms with Gasteiger partial charge in [-0.15, -0.1) is 0 Å². The van der Waals surface area contributed by atoms with E-state index in [2.05, 4.69) is 11.8 Å². The van der Waals surface area contributed by atoms with Crippen LogP contribution in [0.1, 0.15) is 12.5 Å². The lowest BCUT2D eigenvalue weighted by molar-refractivity contribution is -0.0463. The van der Waals surface area contributed by atoms with Crippen LogP contribution in [-0.4, -0.2) is 43.9 Å². The minimum atomic E-state index is 0.154. The van der Waals surface area contributed by atoms with E-state index in [1.165, 1.54) is 0 Å². The van der Waals surface area contributed by atoms with Crippen LogP contribution in [0, 0.1) is 6.92 Å². The van der Waals surface area contributed by atoms with Crippen molar-refractivity contribution in [2.45, 2.75) is 20.0 Å². The molecule has 0 saturated carbocycles. The van der Waals surface area contributed by atoms with Gasteiger partial charge < -0.3 is 15.2 Å². The molecule has 18 heavy (non-hydrogen) atoms. The highest BCUT2D eigenvalue weighted by molar-refractivity contribution is 5.50. The summed E-state index contributed by atoms with van der Waals surface area (Å²) < 4.78 is 11.4. The number of nitrogens with zero attached hydrogens (tertiary/aromatic N) is 1. The highest BCUT2D eigenvalue weighted by Crippen LogP contribution is 2.19. The number of anilines is 1. The van der Waals surface area contributed by atoms with E-state index in [1.807, 2.05) is 25.1 Å². The number of rotatable bonds is 4. The molecule has 0 spiro atoms. The van der Waals surface area contributed by atoms with Crippen molar-refractivity contribution < 1.29 is 9.47 Å². The zero-order chi connectivity index (χ0) is 13.0. The van der Waals surface area contributed by atoms with E-state index in [9.17, 15) is 0 Å². The van der Waals surface area contributed by atoms with E-state index in [0.717, 1.165) is 43.2 Å². The molecule has 0 aromatic heterocycles. The summed E-state index contributed by atoms with van der Waals surface area (Å²) in [6, 6.07) is 5.80. The molecule has 0 radical (unpaired) electrons. The molecule has 0 amide bonds. The summed E-state index contributed by atoms with van der Waals surface area (Å²) in [5.41, 5.74) is 7.70. The SMILES string of the molecule is CCN1CCOC(COc2ccc(C)c(N)c2)C1. The fourth-order valence-corrected chi connectivity index (χ4v) is 2.07. The standard InChI is InChI=1S/C14H22N2O2/c1-3-16-6-7-17-13(9-16)10-18-12-5-4-11(2)14(15)8-12/h4-5,8,13H,3,6-7,9-10,15H2,1-2H3. The second-order valence-corrected chi connectivity index (χ2v) is 4.72. The first kappa shape index (κ1) is 13.2. The summed E-state index contributed by atoms with van der Waals surface area (Å²) in [4.78, 5) is 2.38. The van der Waals surface area contributed by atoms with Gasteiger partial charge in [0.05, 0.1) is 6.61 Å². The van der Waals surface area contributed by atoms with Crippen LogP contribution in [0.3, 0.4) is 0 Å². The van der Waals surface area contributed by atoms with Gasteiger partial charge in [-0.2, -0.15) is 0 Å². The van der Waals surface area contributed by atoms with Crippen LogP contribution in [0.15, 0.2) is 18.2 Å². The lowest BCUT2D eigenvalue weighted by atomic mass is 10.2. The number of hydrogen-bond donors (Lipinski definition) is 1. The number of hydrogen-bond acceptors (Lipinski definition) is 4. The molecule has 1 aliphatic rings. The Kier molecular flexibility index (Phi) is 4.44. The zero-order valence-corrected chi connectivity index (χ0v) is 11.2. The molecule has 4 nitrogen and oxygen atoms in total. The van der Waals surface area contributed by atoms with Gasteiger partial charge in [0.2, 0.25) is 0 Å². The fourth-order valence-electron chi connectivity index (χ4n) is 2.07. The van der Waals surface area contributed by atoms with Crippen LogP contribution in [-0.2, 0) is 4.74 Å². The molecule has 4 heteroatoms.